The fourth-order valence-electron chi connectivity index (χ4n) is 2.10. The van der Waals surface area contributed by atoms with Crippen molar-refractivity contribution in [3.63, 3.8) is 0 Å². The van der Waals surface area contributed by atoms with Gasteiger partial charge in [-0.05, 0) is 29.3 Å². The fourth-order valence-corrected chi connectivity index (χ4v) is 2.51. The first-order valence-corrected chi connectivity index (χ1v) is 7.58. The Morgan fingerprint density at radius 3 is 2.35 bits per heavy atom. The third-order valence-electron chi connectivity index (χ3n) is 3.23. The molecule has 0 saturated carbocycles. The standard InChI is InChI=1S/C17H20ClOP/c1-11-7-5-8-12(17(2,3)4)16(11)19-13-9-6-10-14(20)15(13)18/h5-10H,20H2,1-4H3. The normalized spacial score (nSPS) is 11.5. The molecule has 106 valence electrons. The molecular formula is C17H20ClOP. The van der Waals surface area contributed by atoms with Crippen molar-refractivity contribution in [3.05, 3.63) is 52.5 Å². The third kappa shape index (κ3) is 3.16. The molecule has 0 heterocycles. The van der Waals surface area contributed by atoms with Crippen molar-refractivity contribution in [2.24, 2.45) is 0 Å². The lowest BCUT2D eigenvalue weighted by atomic mass is 9.85. The molecule has 0 fully saturated rings. The van der Waals surface area contributed by atoms with E-state index in [2.05, 4.69) is 55.1 Å². The summed E-state index contributed by atoms with van der Waals surface area (Å²) in [6.45, 7) is 8.61. The van der Waals surface area contributed by atoms with Gasteiger partial charge in [-0.2, -0.15) is 0 Å². The van der Waals surface area contributed by atoms with Gasteiger partial charge in [-0.3, -0.25) is 0 Å². The van der Waals surface area contributed by atoms with Crippen LogP contribution in [0, 0.1) is 6.92 Å². The molecule has 3 heteroatoms. The molecule has 0 amide bonds. The summed E-state index contributed by atoms with van der Waals surface area (Å²) >= 11 is 6.32. The molecule has 2 aromatic carbocycles. The van der Waals surface area contributed by atoms with Crippen molar-refractivity contribution in [2.45, 2.75) is 33.1 Å². The Morgan fingerprint density at radius 1 is 1.05 bits per heavy atom. The molecule has 1 nitrogen and oxygen atoms in total. The Labute approximate surface area is 128 Å². The van der Waals surface area contributed by atoms with Gasteiger partial charge in [0.25, 0.3) is 0 Å². The minimum absolute atomic E-state index is 0.0202. The predicted octanol–water partition coefficient (Wildman–Crippen LogP) is 5.24. The highest BCUT2D eigenvalue weighted by Crippen LogP contribution is 2.38. The number of hydrogen-bond acceptors (Lipinski definition) is 1. The Morgan fingerprint density at radius 2 is 1.70 bits per heavy atom. The summed E-state index contributed by atoms with van der Waals surface area (Å²) in [5.41, 5.74) is 2.32. The van der Waals surface area contributed by atoms with Crippen molar-refractivity contribution in [2.75, 3.05) is 0 Å². The van der Waals surface area contributed by atoms with Crippen LogP contribution in [0.15, 0.2) is 36.4 Å². The molecule has 1 atom stereocenters. The van der Waals surface area contributed by atoms with E-state index in [0.717, 1.165) is 16.6 Å². The van der Waals surface area contributed by atoms with Gasteiger partial charge < -0.3 is 4.74 Å². The summed E-state index contributed by atoms with van der Waals surface area (Å²) in [6.07, 6.45) is 0. The van der Waals surface area contributed by atoms with E-state index in [9.17, 15) is 0 Å². The maximum atomic E-state index is 6.32. The van der Waals surface area contributed by atoms with Gasteiger partial charge in [0.15, 0.2) is 0 Å². The van der Waals surface area contributed by atoms with E-state index in [1.807, 2.05) is 18.2 Å². The molecule has 0 spiro atoms. The quantitative estimate of drug-likeness (QED) is 0.690. The number of rotatable bonds is 2. The molecule has 0 aliphatic rings. The number of para-hydroxylation sites is 1. The molecule has 0 aromatic heterocycles. The predicted molar refractivity (Wildman–Crippen MR) is 90.7 cm³/mol. The highest BCUT2D eigenvalue weighted by Gasteiger charge is 2.21. The maximum absolute atomic E-state index is 6.32. The molecule has 2 aromatic rings. The highest BCUT2D eigenvalue weighted by molar-refractivity contribution is 7.28. The van der Waals surface area contributed by atoms with Crippen LogP contribution in [0.25, 0.3) is 0 Å². The molecular weight excluding hydrogens is 287 g/mol. The molecule has 1 unspecified atom stereocenters. The average molecular weight is 307 g/mol. The fraction of sp³-hybridized carbons (Fsp3) is 0.294. The zero-order valence-electron chi connectivity index (χ0n) is 12.3. The maximum Gasteiger partial charge on any atom is 0.146 e. The minimum atomic E-state index is 0.0202. The lowest BCUT2D eigenvalue weighted by molar-refractivity contribution is 0.452. The Bertz CT molecular complexity index is 629. The molecule has 0 radical (unpaired) electrons. The first-order chi connectivity index (χ1) is 9.30. The van der Waals surface area contributed by atoms with Gasteiger partial charge in [0.1, 0.15) is 11.5 Å². The van der Waals surface area contributed by atoms with Crippen LogP contribution in [0.2, 0.25) is 5.02 Å². The SMILES string of the molecule is Cc1cccc(C(C)(C)C)c1Oc1cccc(P)c1Cl. The van der Waals surface area contributed by atoms with Crippen molar-refractivity contribution >= 4 is 26.1 Å². The second kappa shape index (κ2) is 5.76. The van der Waals surface area contributed by atoms with Crippen LogP contribution >= 0.6 is 20.8 Å². The molecule has 0 N–H and O–H groups in total. The van der Waals surface area contributed by atoms with E-state index in [4.69, 9.17) is 16.3 Å². The van der Waals surface area contributed by atoms with Gasteiger partial charge in [-0.25, -0.2) is 0 Å². The summed E-state index contributed by atoms with van der Waals surface area (Å²) in [4.78, 5) is 0. The van der Waals surface area contributed by atoms with Gasteiger partial charge in [0.2, 0.25) is 0 Å². The number of hydrogen-bond donors (Lipinski definition) is 0. The molecule has 2 rings (SSSR count). The summed E-state index contributed by atoms with van der Waals surface area (Å²) in [6, 6.07) is 12.0. The number of aryl methyl sites for hydroxylation is 1. The topological polar surface area (TPSA) is 9.23 Å². The lowest BCUT2D eigenvalue weighted by Crippen LogP contribution is -2.13. The summed E-state index contributed by atoms with van der Waals surface area (Å²) in [7, 11) is 2.62. The van der Waals surface area contributed by atoms with Crippen molar-refractivity contribution in [3.8, 4) is 11.5 Å². The molecule has 0 aliphatic carbocycles. The van der Waals surface area contributed by atoms with Crippen LogP contribution in [-0.4, -0.2) is 0 Å². The Hall–Kier alpha value is -1.04. The van der Waals surface area contributed by atoms with Gasteiger partial charge in [-0.15, -0.1) is 9.24 Å². The first kappa shape index (κ1) is 15.4. The van der Waals surface area contributed by atoms with Crippen LogP contribution in [-0.2, 0) is 5.41 Å². The van der Waals surface area contributed by atoms with Crippen LogP contribution in [0.1, 0.15) is 31.9 Å². The van der Waals surface area contributed by atoms with Gasteiger partial charge in [-0.1, -0.05) is 62.7 Å². The number of halogens is 1. The molecule has 0 saturated heterocycles. The van der Waals surface area contributed by atoms with Crippen molar-refractivity contribution < 1.29 is 4.74 Å². The van der Waals surface area contributed by atoms with Crippen LogP contribution < -0.4 is 10.0 Å². The van der Waals surface area contributed by atoms with E-state index in [0.29, 0.717) is 10.8 Å². The van der Waals surface area contributed by atoms with E-state index in [1.165, 1.54) is 5.56 Å². The lowest BCUT2D eigenvalue weighted by Gasteiger charge is -2.24. The van der Waals surface area contributed by atoms with Gasteiger partial charge in [0.05, 0.1) is 5.02 Å². The third-order valence-corrected chi connectivity index (χ3v) is 4.29. The summed E-state index contributed by atoms with van der Waals surface area (Å²) < 4.78 is 6.13. The molecule has 20 heavy (non-hydrogen) atoms. The zero-order chi connectivity index (χ0) is 14.9. The second-order valence-electron chi connectivity index (χ2n) is 5.96. The van der Waals surface area contributed by atoms with Crippen molar-refractivity contribution in [1.29, 1.82) is 0 Å². The van der Waals surface area contributed by atoms with Gasteiger partial charge in [0, 0.05) is 5.56 Å². The number of benzene rings is 2. The highest BCUT2D eigenvalue weighted by atomic mass is 35.5. The van der Waals surface area contributed by atoms with E-state index >= 15 is 0 Å². The summed E-state index contributed by atoms with van der Waals surface area (Å²) in [5, 5.41) is 1.58. The minimum Gasteiger partial charge on any atom is -0.455 e. The molecule has 0 bridgehead atoms. The molecule has 0 aliphatic heterocycles. The second-order valence-corrected chi connectivity index (χ2v) is 6.96. The van der Waals surface area contributed by atoms with E-state index in [-0.39, 0.29) is 5.41 Å². The first-order valence-electron chi connectivity index (χ1n) is 6.62. The zero-order valence-corrected chi connectivity index (χ0v) is 14.2. The van der Waals surface area contributed by atoms with Gasteiger partial charge >= 0.3 is 0 Å². The van der Waals surface area contributed by atoms with Crippen LogP contribution in [0.3, 0.4) is 0 Å². The number of ether oxygens (including phenoxy) is 1. The summed E-state index contributed by atoms with van der Waals surface area (Å²) in [5.74, 6) is 1.59. The van der Waals surface area contributed by atoms with Crippen LogP contribution in [0.4, 0.5) is 0 Å². The smallest absolute Gasteiger partial charge is 0.146 e. The Kier molecular flexibility index (Phi) is 4.42. The largest absolute Gasteiger partial charge is 0.455 e. The van der Waals surface area contributed by atoms with E-state index < -0.39 is 0 Å². The van der Waals surface area contributed by atoms with E-state index in [1.54, 1.807) is 0 Å². The van der Waals surface area contributed by atoms with Crippen LogP contribution in [0.5, 0.6) is 11.5 Å². The Balaban J connectivity index is 2.51. The monoisotopic (exact) mass is 306 g/mol. The average Bonchev–Trinajstić information content (AvgIpc) is 2.36. The van der Waals surface area contributed by atoms with Crippen molar-refractivity contribution in [1.82, 2.24) is 0 Å².